The highest BCUT2D eigenvalue weighted by atomic mass is 16.1. The SMILES string of the molecule is C#CCCCCNCc1ccc(C(N)=O)cc1. The lowest BCUT2D eigenvalue weighted by Crippen LogP contribution is -2.15. The van der Waals surface area contributed by atoms with Crippen LogP contribution in [0.1, 0.15) is 35.2 Å². The maximum absolute atomic E-state index is 10.9. The largest absolute Gasteiger partial charge is 0.366 e. The van der Waals surface area contributed by atoms with E-state index in [0.717, 1.165) is 37.9 Å². The number of terminal acetylenes is 1. The topological polar surface area (TPSA) is 55.1 Å². The normalized spacial score (nSPS) is 9.82. The van der Waals surface area contributed by atoms with Crippen molar-refractivity contribution in [2.24, 2.45) is 5.73 Å². The molecule has 1 amide bonds. The highest BCUT2D eigenvalue weighted by Gasteiger charge is 1.99. The molecule has 0 aliphatic heterocycles. The molecule has 0 aliphatic rings. The van der Waals surface area contributed by atoms with Gasteiger partial charge in [0.05, 0.1) is 0 Å². The number of carbonyl (C=O) groups excluding carboxylic acids is 1. The number of amides is 1. The van der Waals surface area contributed by atoms with Crippen LogP contribution in [-0.2, 0) is 6.54 Å². The molecule has 0 bridgehead atoms. The van der Waals surface area contributed by atoms with E-state index in [1.807, 2.05) is 12.1 Å². The van der Waals surface area contributed by atoms with Gasteiger partial charge < -0.3 is 11.1 Å². The van der Waals surface area contributed by atoms with Crippen molar-refractivity contribution in [3.8, 4) is 12.3 Å². The Morgan fingerprint density at radius 1 is 1.29 bits per heavy atom. The van der Waals surface area contributed by atoms with Crippen molar-refractivity contribution in [2.45, 2.75) is 25.8 Å². The van der Waals surface area contributed by atoms with Gasteiger partial charge in [0.2, 0.25) is 5.91 Å². The van der Waals surface area contributed by atoms with Crippen LogP contribution in [0.5, 0.6) is 0 Å². The van der Waals surface area contributed by atoms with Gasteiger partial charge in [-0.15, -0.1) is 12.3 Å². The number of nitrogens with one attached hydrogen (secondary N) is 1. The lowest BCUT2D eigenvalue weighted by Gasteiger charge is -2.04. The number of primary amides is 1. The average molecular weight is 230 g/mol. The van der Waals surface area contributed by atoms with E-state index in [4.69, 9.17) is 12.2 Å². The van der Waals surface area contributed by atoms with E-state index in [1.54, 1.807) is 12.1 Å². The Hall–Kier alpha value is -1.79. The van der Waals surface area contributed by atoms with Crippen LogP contribution in [0.25, 0.3) is 0 Å². The maximum atomic E-state index is 10.9. The van der Waals surface area contributed by atoms with E-state index in [9.17, 15) is 4.79 Å². The molecule has 1 rings (SSSR count). The molecule has 1 aromatic carbocycles. The molecule has 3 N–H and O–H groups in total. The fourth-order valence-electron chi connectivity index (χ4n) is 1.50. The van der Waals surface area contributed by atoms with Crippen molar-refractivity contribution in [1.29, 1.82) is 0 Å². The van der Waals surface area contributed by atoms with Gasteiger partial charge in [-0.3, -0.25) is 4.79 Å². The summed E-state index contributed by atoms with van der Waals surface area (Å²) in [6, 6.07) is 7.32. The van der Waals surface area contributed by atoms with Gasteiger partial charge >= 0.3 is 0 Å². The molecule has 0 unspecified atom stereocenters. The first kappa shape index (κ1) is 13.3. The number of benzene rings is 1. The molecule has 17 heavy (non-hydrogen) atoms. The molecule has 0 radical (unpaired) electrons. The Balaban J connectivity index is 2.23. The van der Waals surface area contributed by atoms with E-state index in [-0.39, 0.29) is 0 Å². The quantitative estimate of drug-likeness (QED) is 0.553. The lowest BCUT2D eigenvalue weighted by atomic mass is 10.1. The molecule has 0 spiro atoms. The molecule has 90 valence electrons. The first-order valence-electron chi connectivity index (χ1n) is 5.77. The molecule has 0 aromatic heterocycles. The Bertz CT molecular complexity index is 390. The van der Waals surface area contributed by atoms with Gasteiger partial charge in [-0.25, -0.2) is 0 Å². The third kappa shape index (κ3) is 5.19. The summed E-state index contributed by atoms with van der Waals surface area (Å²) in [4.78, 5) is 10.9. The van der Waals surface area contributed by atoms with Crippen LogP contribution in [-0.4, -0.2) is 12.5 Å². The van der Waals surface area contributed by atoms with Crippen LogP contribution in [0.4, 0.5) is 0 Å². The summed E-state index contributed by atoms with van der Waals surface area (Å²) in [5.41, 5.74) is 6.85. The fourth-order valence-corrected chi connectivity index (χ4v) is 1.50. The van der Waals surface area contributed by atoms with Crippen LogP contribution in [0, 0.1) is 12.3 Å². The highest BCUT2D eigenvalue weighted by Crippen LogP contribution is 2.03. The van der Waals surface area contributed by atoms with E-state index >= 15 is 0 Å². The number of hydrogen-bond donors (Lipinski definition) is 2. The number of unbranched alkanes of at least 4 members (excludes halogenated alkanes) is 2. The van der Waals surface area contributed by atoms with E-state index in [1.165, 1.54) is 0 Å². The van der Waals surface area contributed by atoms with Gasteiger partial charge in [0.25, 0.3) is 0 Å². The second-order valence-corrected chi connectivity index (χ2v) is 3.90. The van der Waals surface area contributed by atoms with Crippen molar-refractivity contribution in [1.82, 2.24) is 5.32 Å². The first-order valence-corrected chi connectivity index (χ1v) is 5.77. The zero-order valence-electron chi connectivity index (χ0n) is 9.91. The molecule has 0 saturated carbocycles. The van der Waals surface area contributed by atoms with Gasteiger partial charge in [0.15, 0.2) is 0 Å². The molecule has 1 aromatic rings. The molecule has 3 heteroatoms. The summed E-state index contributed by atoms with van der Waals surface area (Å²) < 4.78 is 0. The van der Waals surface area contributed by atoms with Gasteiger partial charge in [-0.2, -0.15) is 0 Å². The fraction of sp³-hybridized carbons (Fsp3) is 0.357. The van der Waals surface area contributed by atoms with Crippen molar-refractivity contribution >= 4 is 5.91 Å². The summed E-state index contributed by atoms with van der Waals surface area (Å²) in [6.45, 7) is 1.76. The maximum Gasteiger partial charge on any atom is 0.248 e. The van der Waals surface area contributed by atoms with E-state index in [0.29, 0.717) is 5.56 Å². The van der Waals surface area contributed by atoms with Gasteiger partial charge in [0, 0.05) is 18.5 Å². The summed E-state index contributed by atoms with van der Waals surface area (Å²) in [6.07, 6.45) is 8.15. The van der Waals surface area contributed by atoms with E-state index in [2.05, 4.69) is 11.2 Å². The Kier molecular flexibility index (Phi) is 5.84. The monoisotopic (exact) mass is 230 g/mol. The van der Waals surface area contributed by atoms with Crippen LogP contribution in [0.3, 0.4) is 0 Å². The molecular weight excluding hydrogens is 212 g/mol. The second kappa shape index (κ2) is 7.48. The molecule has 0 saturated heterocycles. The highest BCUT2D eigenvalue weighted by molar-refractivity contribution is 5.92. The predicted molar refractivity (Wildman–Crippen MR) is 69.4 cm³/mol. The minimum absolute atomic E-state index is 0.390. The van der Waals surface area contributed by atoms with Gasteiger partial charge in [-0.1, -0.05) is 12.1 Å². The van der Waals surface area contributed by atoms with Crippen molar-refractivity contribution < 1.29 is 4.79 Å². The van der Waals surface area contributed by atoms with Crippen molar-refractivity contribution in [2.75, 3.05) is 6.54 Å². The molecule has 3 nitrogen and oxygen atoms in total. The molecule has 0 atom stereocenters. The zero-order chi connectivity index (χ0) is 12.5. The third-order valence-corrected chi connectivity index (χ3v) is 2.49. The average Bonchev–Trinajstić information content (AvgIpc) is 2.34. The number of hydrogen-bond acceptors (Lipinski definition) is 2. The van der Waals surface area contributed by atoms with Crippen molar-refractivity contribution in [3.05, 3.63) is 35.4 Å². The predicted octanol–water partition coefficient (Wildman–Crippen LogP) is 1.68. The minimum atomic E-state index is -0.390. The van der Waals surface area contributed by atoms with Gasteiger partial charge in [0.1, 0.15) is 0 Å². The zero-order valence-corrected chi connectivity index (χ0v) is 9.91. The second-order valence-electron chi connectivity index (χ2n) is 3.90. The number of carbonyl (C=O) groups is 1. The number of nitrogens with two attached hydrogens (primary N) is 1. The van der Waals surface area contributed by atoms with Crippen LogP contribution in [0.15, 0.2) is 24.3 Å². The summed E-state index contributed by atoms with van der Waals surface area (Å²) in [7, 11) is 0. The van der Waals surface area contributed by atoms with Crippen LogP contribution in [0.2, 0.25) is 0 Å². The lowest BCUT2D eigenvalue weighted by molar-refractivity contribution is 0.100. The molecule has 0 heterocycles. The standard InChI is InChI=1S/C14H18N2O/c1-2-3-4-5-10-16-11-12-6-8-13(9-7-12)14(15)17/h1,6-9,16H,3-5,10-11H2,(H2,15,17). The minimum Gasteiger partial charge on any atom is -0.366 e. The van der Waals surface area contributed by atoms with Crippen LogP contribution >= 0.6 is 0 Å². The van der Waals surface area contributed by atoms with Crippen molar-refractivity contribution in [3.63, 3.8) is 0 Å². The Morgan fingerprint density at radius 2 is 2.00 bits per heavy atom. The smallest absolute Gasteiger partial charge is 0.248 e. The van der Waals surface area contributed by atoms with Gasteiger partial charge in [-0.05, 0) is 37.1 Å². The summed E-state index contributed by atoms with van der Waals surface area (Å²) in [5, 5.41) is 3.32. The number of rotatable bonds is 7. The molecule has 0 aliphatic carbocycles. The first-order chi connectivity index (χ1) is 8.24. The van der Waals surface area contributed by atoms with Crippen LogP contribution < -0.4 is 11.1 Å². The Morgan fingerprint density at radius 3 is 2.59 bits per heavy atom. The van der Waals surface area contributed by atoms with E-state index < -0.39 is 5.91 Å². The third-order valence-electron chi connectivity index (χ3n) is 2.49. The summed E-state index contributed by atoms with van der Waals surface area (Å²) >= 11 is 0. The molecule has 0 fully saturated rings. The Labute approximate surface area is 102 Å². The summed E-state index contributed by atoms with van der Waals surface area (Å²) in [5.74, 6) is 2.23. The molecular formula is C14H18N2O.